The lowest BCUT2D eigenvalue weighted by Gasteiger charge is -2.40. The quantitative estimate of drug-likeness (QED) is 0.387. The summed E-state index contributed by atoms with van der Waals surface area (Å²) in [4.78, 5) is 22.3. The van der Waals surface area contributed by atoms with E-state index in [2.05, 4.69) is 20.2 Å². The van der Waals surface area contributed by atoms with Crippen LogP contribution >= 0.6 is 24.8 Å². The van der Waals surface area contributed by atoms with Crippen molar-refractivity contribution < 1.29 is 10.0 Å². The van der Waals surface area contributed by atoms with Crippen molar-refractivity contribution in [2.75, 3.05) is 18.4 Å². The average Bonchev–Trinajstić information content (AvgIpc) is 2.68. The van der Waals surface area contributed by atoms with Gasteiger partial charge in [-0.2, -0.15) is 0 Å². The average molecular weight is 418 g/mol. The van der Waals surface area contributed by atoms with Gasteiger partial charge in [0, 0.05) is 24.7 Å². The molecule has 2 aliphatic rings. The second kappa shape index (κ2) is 12.1. The van der Waals surface area contributed by atoms with Crippen molar-refractivity contribution in [2.24, 2.45) is 0 Å². The highest BCUT2D eigenvalue weighted by molar-refractivity contribution is 5.90. The first-order chi connectivity index (χ1) is 12.2. The lowest BCUT2D eigenvalue weighted by atomic mass is 9.92. The molecule has 152 valence electrons. The number of amides is 1. The minimum Gasteiger partial charge on any atom is -0.365 e. The molecule has 1 aliphatic heterocycles. The van der Waals surface area contributed by atoms with Crippen LogP contribution in [-0.4, -0.2) is 51.2 Å². The number of piperidine rings is 1. The van der Waals surface area contributed by atoms with Crippen LogP contribution in [0, 0.1) is 0 Å². The molecule has 0 aromatic carbocycles. The summed E-state index contributed by atoms with van der Waals surface area (Å²) in [6, 6.07) is 1.17. The van der Waals surface area contributed by atoms with Gasteiger partial charge in [-0.25, -0.2) is 10.5 Å². The van der Waals surface area contributed by atoms with Crippen LogP contribution in [0.25, 0.3) is 6.08 Å². The molecule has 1 amide bonds. The zero-order chi connectivity index (χ0) is 17.5. The minimum absolute atomic E-state index is 0. The molecule has 2 heterocycles. The number of rotatable bonds is 5. The summed E-state index contributed by atoms with van der Waals surface area (Å²) in [6.45, 7) is 2.29. The molecule has 1 saturated heterocycles. The maximum Gasteiger partial charge on any atom is 0.267 e. The van der Waals surface area contributed by atoms with Gasteiger partial charge in [-0.05, 0) is 38.3 Å². The smallest absolute Gasteiger partial charge is 0.267 e. The largest absolute Gasteiger partial charge is 0.365 e. The molecular weight excluding hydrogens is 389 g/mol. The van der Waals surface area contributed by atoms with E-state index in [-0.39, 0.29) is 24.8 Å². The maximum absolute atomic E-state index is 11.0. The SMILES string of the molecule is Cl.Cl.O=C(C=Cc1cnc(N[C@@H]2CCCN(C3CCCCC3)C2)cn1)NO. The minimum atomic E-state index is -0.589. The van der Waals surface area contributed by atoms with Crippen molar-refractivity contribution in [2.45, 2.75) is 57.0 Å². The van der Waals surface area contributed by atoms with Crippen LogP contribution < -0.4 is 10.8 Å². The van der Waals surface area contributed by atoms with Crippen molar-refractivity contribution in [3.8, 4) is 0 Å². The normalized spacial score (nSPS) is 21.1. The van der Waals surface area contributed by atoms with Gasteiger partial charge in [0.1, 0.15) is 5.82 Å². The topological polar surface area (TPSA) is 90.4 Å². The van der Waals surface area contributed by atoms with E-state index in [1.807, 2.05) is 0 Å². The molecule has 9 heteroatoms. The Kier molecular flexibility index (Phi) is 10.6. The highest BCUT2D eigenvalue weighted by Gasteiger charge is 2.26. The van der Waals surface area contributed by atoms with Crippen LogP contribution in [-0.2, 0) is 4.79 Å². The summed E-state index contributed by atoms with van der Waals surface area (Å²) >= 11 is 0. The van der Waals surface area contributed by atoms with E-state index >= 15 is 0 Å². The Bertz CT molecular complexity index is 594. The molecule has 3 rings (SSSR count). The summed E-state index contributed by atoms with van der Waals surface area (Å²) in [5, 5.41) is 11.9. The Morgan fingerprint density at radius 2 is 1.89 bits per heavy atom. The van der Waals surface area contributed by atoms with Gasteiger partial charge in [-0.15, -0.1) is 24.8 Å². The summed E-state index contributed by atoms with van der Waals surface area (Å²) in [5.41, 5.74) is 2.11. The zero-order valence-electron chi connectivity index (χ0n) is 15.3. The molecule has 27 heavy (non-hydrogen) atoms. The molecule has 0 unspecified atom stereocenters. The van der Waals surface area contributed by atoms with Crippen molar-refractivity contribution in [1.29, 1.82) is 0 Å². The molecule has 3 N–H and O–H groups in total. The first-order valence-corrected chi connectivity index (χ1v) is 9.19. The van der Waals surface area contributed by atoms with Gasteiger partial charge in [0.05, 0.1) is 18.1 Å². The van der Waals surface area contributed by atoms with E-state index in [9.17, 15) is 4.79 Å². The third-order valence-corrected chi connectivity index (χ3v) is 5.08. The first kappa shape index (κ1) is 23.6. The van der Waals surface area contributed by atoms with E-state index in [4.69, 9.17) is 5.21 Å². The number of hydrogen-bond acceptors (Lipinski definition) is 6. The Hall–Kier alpha value is -1.41. The van der Waals surface area contributed by atoms with Crippen molar-refractivity contribution in [3.63, 3.8) is 0 Å². The number of carbonyl (C=O) groups is 1. The van der Waals surface area contributed by atoms with Gasteiger partial charge < -0.3 is 5.32 Å². The van der Waals surface area contributed by atoms with Crippen LogP contribution in [0.2, 0.25) is 0 Å². The molecule has 1 saturated carbocycles. The van der Waals surface area contributed by atoms with Crippen LogP contribution in [0.15, 0.2) is 18.5 Å². The highest BCUT2D eigenvalue weighted by atomic mass is 35.5. The number of aromatic nitrogens is 2. The fourth-order valence-corrected chi connectivity index (χ4v) is 3.81. The van der Waals surface area contributed by atoms with Crippen LogP contribution in [0.1, 0.15) is 50.6 Å². The number of hydrogen-bond donors (Lipinski definition) is 3. The first-order valence-electron chi connectivity index (χ1n) is 9.19. The molecule has 1 aromatic rings. The van der Waals surface area contributed by atoms with E-state index in [1.165, 1.54) is 57.2 Å². The highest BCUT2D eigenvalue weighted by Crippen LogP contribution is 2.26. The van der Waals surface area contributed by atoms with E-state index in [0.29, 0.717) is 11.7 Å². The Morgan fingerprint density at radius 1 is 1.11 bits per heavy atom. The van der Waals surface area contributed by atoms with Crippen LogP contribution in [0.4, 0.5) is 5.82 Å². The lowest BCUT2D eigenvalue weighted by Crippen LogP contribution is -2.47. The number of carbonyl (C=O) groups excluding carboxylic acids is 1. The van der Waals surface area contributed by atoms with E-state index in [1.54, 1.807) is 17.9 Å². The summed E-state index contributed by atoms with van der Waals surface area (Å²) < 4.78 is 0. The van der Waals surface area contributed by atoms with Gasteiger partial charge in [-0.3, -0.25) is 19.9 Å². The number of nitrogens with zero attached hydrogens (tertiary/aromatic N) is 3. The summed E-state index contributed by atoms with van der Waals surface area (Å²) in [6.07, 6.45) is 15.2. The zero-order valence-corrected chi connectivity index (χ0v) is 17.0. The standard InChI is InChI=1S/C18H27N5O2.2ClH/c24-18(22-25)9-8-14-11-20-17(12-19-14)21-15-5-4-10-23(13-15)16-6-2-1-3-7-16;;/h8-9,11-12,15-16,25H,1-7,10,13H2,(H,20,21)(H,22,24);2*1H/t15-;;/m1../s1. The summed E-state index contributed by atoms with van der Waals surface area (Å²) in [7, 11) is 0. The van der Waals surface area contributed by atoms with Gasteiger partial charge in [-0.1, -0.05) is 19.3 Å². The van der Waals surface area contributed by atoms with Crippen LogP contribution in [0.3, 0.4) is 0 Å². The third-order valence-electron chi connectivity index (χ3n) is 5.08. The van der Waals surface area contributed by atoms with Gasteiger partial charge in [0.15, 0.2) is 0 Å². The Labute approximate surface area is 172 Å². The summed E-state index contributed by atoms with van der Waals surface area (Å²) in [5.74, 6) is 0.174. The van der Waals surface area contributed by atoms with Crippen molar-refractivity contribution in [3.05, 3.63) is 24.2 Å². The lowest BCUT2D eigenvalue weighted by molar-refractivity contribution is -0.124. The second-order valence-electron chi connectivity index (χ2n) is 6.91. The van der Waals surface area contributed by atoms with E-state index < -0.39 is 5.91 Å². The van der Waals surface area contributed by atoms with Crippen molar-refractivity contribution >= 4 is 42.6 Å². The number of anilines is 1. The number of nitrogens with one attached hydrogen (secondary N) is 2. The second-order valence-corrected chi connectivity index (χ2v) is 6.91. The molecule has 2 fully saturated rings. The van der Waals surface area contributed by atoms with Gasteiger partial charge in [0.25, 0.3) is 5.91 Å². The molecule has 0 spiro atoms. The predicted molar refractivity (Wildman–Crippen MR) is 111 cm³/mol. The maximum atomic E-state index is 11.0. The molecule has 0 radical (unpaired) electrons. The fourth-order valence-electron chi connectivity index (χ4n) is 3.81. The van der Waals surface area contributed by atoms with Gasteiger partial charge in [0.2, 0.25) is 0 Å². The molecule has 0 bridgehead atoms. The van der Waals surface area contributed by atoms with Crippen molar-refractivity contribution in [1.82, 2.24) is 20.3 Å². The predicted octanol–water partition coefficient (Wildman–Crippen LogP) is 3.05. The molecule has 1 aromatic heterocycles. The molecule has 7 nitrogen and oxygen atoms in total. The Balaban J connectivity index is 0.00000182. The van der Waals surface area contributed by atoms with Gasteiger partial charge >= 0.3 is 0 Å². The molecular formula is C18H29Cl2N5O2. The molecule has 1 aliphatic carbocycles. The van der Waals surface area contributed by atoms with E-state index in [0.717, 1.165) is 24.8 Å². The Morgan fingerprint density at radius 3 is 2.56 bits per heavy atom. The number of hydroxylamine groups is 1. The van der Waals surface area contributed by atoms with Crippen LogP contribution in [0.5, 0.6) is 0 Å². The third kappa shape index (κ3) is 7.25. The number of halogens is 2. The monoisotopic (exact) mass is 417 g/mol. The fraction of sp³-hybridized carbons (Fsp3) is 0.611. The molecule has 1 atom stereocenters. The number of likely N-dealkylation sites (tertiary alicyclic amines) is 1.